The van der Waals surface area contributed by atoms with E-state index in [0.717, 1.165) is 10.8 Å². The van der Waals surface area contributed by atoms with Crippen molar-refractivity contribution in [2.45, 2.75) is 6.92 Å². The van der Waals surface area contributed by atoms with Crippen molar-refractivity contribution in [3.05, 3.63) is 78.0 Å². The second-order valence-corrected chi connectivity index (χ2v) is 5.60. The average molecular weight is 319 g/mol. The molecule has 4 aromatic rings. The summed E-state index contributed by atoms with van der Waals surface area (Å²) in [5, 5.41) is 4.91. The summed E-state index contributed by atoms with van der Waals surface area (Å²) in [6.45, 7) is 1.74. The van der Waals surface area contributed by atoms with Crippen LogP contribution in [0.3, 0.4) is 0 Å². The van der Waals surface area contributed by atoms with Crippen LogP contribution in [0.1, 0.15) is 16.2 Å². The van der Waals surface area contributed by atoms with Gasteiger partial charge in [0.1, 0.15) is 17.2 Å². The van der Waals surface area contributed by atoms with E-state index in [1.54, 1.807) is 13.0 Å². The van der Waals surface area contributed by atoms with E-state index in [2.05, 4.69) is 10.3 Å². The van der Waals surface area contributed by atoms with E-state index in [4.69, 9.17) is 0 Å². The highest BCUT2D eigenvalue weighted by molar-refractivity contribution is 6.09. The van der Waals surface area contributed by atoms with Crippen LogP contribution in [0, 0.1) is 12.7 Å². The maximum atomic E-state index is 13.5. The number of hydrogen-bond donors (Lipinski definition) is 1. The van der Waals surface area contributed by atoms with Gasteiger partial charge in [-0.15, -0.1) is 0 Å². The number of nitrogens with one attached hydrogen (secondary N) is 1. The third-order valence-corrected chi connectivity index (χ3v) is 4.01. The number of nitrogens with zero attached hydrogens (tertiary/aromatic N) is 2. The van der Waals surface area contributed by atoms with E-state index < -0.39 is 5.82 Å². The summed E-state index contributed by atoms with van der Waals surface area (Å²) in [6.07, 6.45) is 1.27. The summed E-state index contributed by atoms with van der Waals surface area (Å²) < 4.78 is 15.0. The molecule has 118 valence electrons. The van der Waals surface area contributed by atoms with E-state index in [9.17, 15) is 9.18 Å². The standard InChI is InChI=1S/C19H14FN3O/c1-12-18(23-11-14(20)9-10-17(23)21-12)19(24)22-16-8-4-6-13-5-2-3-7-15(13)16/h2-11H,1H3,(H,22,24). The van der Waals surface area contributed by atoms with Crippen molar-refractivity contribution in [2.75, 3.05) is 5.32 Å². The fraction of sp³-hybridized carbons (Fsp3) is 0.0526. The summed E-state index contributed by atoms with van der Waals surface area (Å²) in [5.74, 6) is -0.735. The second-order valence-electron chi connectivity index (χ2n) is 5.60. The number of halogens is 1. The Morgan fingerprint density at radius 1 is 1.08 bits per heavy atom. The molecule has 4 rings (SSSR count). The van der Waals surface area contributed by atoms with Crippen molar-refractivity contribution in [3.63, 3.8) is 0 Å². The zero-order valence-electron chi connectivity index (χ0n) is 13.0. The number of hydrogen-bond acceptors (Lipinski definition) is 2. The van der Waals surface area contributed by atoms with E-state index >= 15 is 0 Å². The minimum Gasteiger partial charge on any atom is -0.320 e. The van der Waals surface area contributed by atoms with Gasteiger partial charge in [0.05, 0.1) is 5.69 Å². The number of benzene rings is 2. The Morgan fingerprint density at radius 2 is 1.88 bits per heavy atom. The van der Waals surface area contributed by atoms with Gasteiger partial charge >= 0.3 is 0 Å². The topological polar surface area (TPSA) is 46.4 Å². The number of anilines is 1. The average Bonchev–Trinajstić information content (AvgIpc) is 2.90. The first kappa shape index (κ1) is 14.4. The van der Waals surface area contributed by atoms with E-state index in [-0.39, 0.29) is 5.91 Å². The number of rotatable bonds is 2. The molecular formula is C19H14FN3O. The number of imidazole rings is 1. The first-order valence-electron chi connectivity index (χ1n) is 7.57. The lowest BCUT2D eigenvalue weighted by atomic mass is 10.1. The van der Waals surface area contributed by atoms with Crippen molar-refractivity contribution in [1.82, 2.24) is 9.38 Å². The Hall–Kier alpha value is -3.21. The van der Waals surface area contributed by atoms with Crippen LogP contribution in [0.5, 0.6) is 0 Å². The van der Waals surface area contributed by atoms with Gasteiger partial charge < -0.3 is 5.32 Å². The maximum Gasteiger partial charge on any atom is 0.274 e. The molecule has 0 aliphatic rings. The second kappa shape index (κ2) is 5.45. The minimum atomic E-state index is -0.417. The van der Waals surface area contributed by atoms with Crippen LogP contribution in [-0.4, -0.2) is 15.3 Å². The highest BCUT2D eigenvalue weighted by atomic mass is 19.1. The Bertz CT molecular complexity index is 1080. The van der Waals surface area contributed by atoms with Crippen LogP contribution in [0.15, 0.2) is 60.8 Å². The molecule has 0 aliphatic heterocycles. The Morgan fingerprint density at radius 3 is 2.75 bits per heavy atom. The normalized spacial score (nSPS) is 11.1. The van der Waals surface area contributed by atoms with Crippen LogP contribution in [0.25, 0.3) is 16.4 Å². The fourth-order valence-electron chi connectivity index (χ4n) is 2.93. The molecule has 0 bridgehead atoms. The van der Waals surface area contributed by atoms with Gasteiger partial charge in [-0.3, -0.25) is 9.20 Å². The van der Waals surface area contributed by atoms with Gasteiger partial charge in [-0.05, 0) is 30.5 Å². The highest BCUT2D eigenvalue weighted by Crippen LogP contribution is 2.24. The smallest absolute Gasteiger partial charge is 0.274 e. The Balaban J connectivity index is 1.79. The van der Waals surface area contributed by atoms with Crippen LogP contribution in [0.2, 0.25) is 0 Å². The first-order chi connectivity index (χ1) is 11.6. The molecule has 0 saturated carbocycles. The number of aromatic nitrogens is 2. The molecule has 4 nitrogen and oxygen atoms in total. The van der Waals surface area contributed by atoms with Gasteiger partial charge in [-0.25, -0.2) is 9.37 Å². The summed E-state index contributed by atoms with van der Waals surface area (Å²) in [6, 6.07) is 16.4. The number of aryl methyl sites for hydroxylation is 1. The molecule has 2 heterocycles. The van der Waals surface area contributed by atoms with Crippen LogP contribution >= 0.6 is 0 Å². The number of fused-ring (bicyclic) bond motifs is 2. The zero-order valence-corrected chi connectivity index (χ0v) is 13.0. The van der Waals surface area contributed by atoms with Gasteiger partial charge in [0.2, 0.25) is 0 Å². The highest BCUT2D eigenvalue weighted by Gasteiger charge is 2.17. The maximum absolute atomic E-state index is 13.5. The molecule has 0 unspecified atom stereocenters. The van der Waals surface area contributed by atoms with Gasteiger partial charge in [-0.2, -0.15) is 0 Å². The molecular weight excluding hydrogens is 305 g/mol. The quantitative estimate of drug-likeness (QED) is 0.602. The molecule has 2 aromatic carbocycles. The van der Waals surface area contributed by atoms with Gasteiger partial charge in [0.25, 0.3) is 5.91 Å². The monoisotopic (exact) mass is 319 g/mol. The first-order valence-corrected chi connectivity index (χ1v) is 7.57. The number of carbonyl (C=O) groups excluding carboxylic acids is 1. The summed E-state index contributed by atoms with van der Waals surface area (Å²) >= 11 is 0. The largest absolute Gasteiger partial charge is 0.320 e. The van der Waals surface area contributed by atoms with Crippen LogP contribution < -0.4 is 5.32 Å². The molecule has 24 heavy (non-hydrogen) atoms. The van der Waals surface area contributed by atoms with E-state index in [1.807, 2.05) is 42.5 Å². The van der Waals surface area contributed by atoms with Crippen molar-refractivity contribution in [1.29, 1.82) is 0 Å². The third-order valence-electron chi connectivity index (χ3n) is 4.01. The molecule has 0 spiro atoms. The van der Waals surface area contributed by atoms with Crippen molar-refractivity contribution in [3.8, 4) is 0 Å². The summed E-state index contributed by atoms with van der Waals surface area (Å²) in [5.41, 5.74) is 2.14. The van der Waals surface area contributed by atoms with Gasteiger partial charge in [0.15, 0.2) is 0 Å². The molecule has 0 atom stereocenters. The van der Waals surface area contributed by atoms with Crippen LogP contribution in [0.4, 0.5) is 10.1 Å². The number of carbonyl (C=O) groups is 1. The molecule has 2 aromatic heterocycles. The third kappa shape index (κ3) is 2.31. The predicted molar refractivity (Wildman–Crippen MR) is 91.8 cm³/mol. The molecule has 0 saturated heterocycles. The van der Waals surface area contributed by atoms with Crippen LogP contribution in [-0.2, 0) is 0 Å². The molecule has 0 fully saturated rings. The minimum absolute atomic E-state index is 0.318. The lowest BCUT2D eigenvalue weighted by Gasteiger charge is -2.09. The lowest BCUT2D eigenvalue weighted by molar-refractivity contribution is 0.102. The molecule has 0 radical (unpaired) electrons. The van der Waals surface area contributed by atoms with Crippen molar-refractivity contribution >= 4 is 28.0 Å². The number of amides is 1. The zero-order chi connectivity index (χ0) is 16.7. The SMILES string of the molecule is Cc1nc2ccc(F)cn2c1C(=O)Nc1cccc2ccccc12. The molecule has 0 aliphatic carbocycles. The lowest BCUT2D eigenvalue weighted by Crippen LogP contribution is -2.16. The fourth-order valence-corrected chi connectivity index (χ4v) is 2.93. The predicted octanol–water partition coefficient (Wildman–Crippen LogP) is 4.19. The van der Waals surface area contributed by atoms with E-state index in [0.29, 0.717) is 22.7 Å². The Labute approximate surface area is 137 Å². The van der Waals surface area contributed by atoms with E-state index in [1.165, 1.54) is 16.7 Å². The molecule has 1 N–H and O–H groups in total. The summed E-state index contributed by atoms with van der Waals surface area (Å²) in [4.78, 5) is 17.1. The van der Waals surface area contributed by atoms with Crippen molar-refractivity contribution in [2.24, 2.45) is 0 Å². The van der Waals surface area contributed by atoms with Crippen molar-refractivity contribution < 1.29 is 9.18 Å². The Kier molecular flexibility index (Phi) is 3.27. The number of pyridine rings is 1. The van der Waals surface area contributed by atoms with Gasteiger partial charge in [0, 0.05) is 17.3 Å². The molecule has 1 amide bonds. The molecule has 5 heteroatoms. The summed E-state index contributed by atoms with van der Waals surface area (Å²) in [7, 11) is 0. The van der Waals surface area contributed by atoms with Gasteiger partial charge in [-0.1, -0.05) is 36.4 Å².